The van der Waals surface area contributed by atoms with Crippen LogP contribution in [-0.4, -0.2) is 76.0 Å². The van der Waals surface area contributed by atoms with E-state index in [1.165, 1.54) is 29.2 Å². The van der Waals surface area contributed by atoms with Gasteiger partial charge >= 0.3 is 0 Å². The monoisotopic (exact) mass is 501 g/mol. The van der Waals surface area contributed by atoms with Crippen molar-refractivity contribution in [2.45, 2.75) is 6.42 Å². The normalized spacial score (nSPS) is 13.8. The third kappa shape index (κ3) is 5.66. The third-order valence-corrected chi connectivity index (χ3v) is 6.25. The zero-order valence-corrected chi connectivity index (χ0v) is 20.3. The molecule has 0 bridgehead atoms. The second-order valence-corrected chi connectivity index (χ2v) is 8.81. The van der Waals surface area contributed by atoms with Crippen LogP contribution in [0.4, 0.5) is 20.4 Å². The number of likely N-dealkylation sites (N-methyl/N-ethyl adjacent to an activating group) is 2. The van der Waals surface area contributed by atoms with Crippen LogP contribution >= 0.6 is 0 Å². The van der Waals surface area contributed by atoms with E-state index in [9.17, 15) is 23.5 Å². The van der Waals surface area contributed by atoms with Crippen molar-refractivity contribution < 1.29 is 27.8 Å². The summed E-state index contributed by atoms with van der Waals surface area (Å²) in [6, 6.07) is 7.89. The molecule has 0 spiro atoms. The van der Waals surface area contributed by atoms with E-state index in [-0.39, 0.29) is 29.9 Å². The third-order valence-electron chi connectivity index (χ3n) is 6.25. The summed E-state index contributed by atoms with van der Waals surface area (Å²) < 4.78 is 39.0. The molecule has 0 unspecified atom stereocenters. The number of fused-ring (bicyclic) bond motifs is 1. The summed E-state index contributed by atoms with van der Waals surface area (Å²) in [5.41, 5.74) is 1.36. The maximum atomic E-state index is 13.7. The molecule has 1 saturated heterocycles. The van der Waals surface area contributed by atoms with Gasteiger partial charge in [0.25, 0.3) is 5.91 Å². The molecule has 8 nitrogen and oxygen atoms in total. The number of carbonyl (C=O) groups is 1. The number of aliphatic hydroxyl groups excluding tert-OH is 1. The van der Waals surface area contributed by atoms with Crippen LogP contribution in [0.1, 0.15) is 15.9 Å². The van der Waals surface area contributed by atoms with Crippen LogP contribution in [-0.2, 0) is 11.2 Å². The number of nitrogens with zero attached hydrogens (tertiary/aromatic N) is 3. The largest absolute Gasteiger partial charge is 0.440 e. The molecule has 1 amide bonds. The Morgan fingerprint density at radius 2 is 1.72 bits per heavy atom. The number of aliphatic hydroxyl groups is 1. The Labute approximate surface area is 207 Å². The Morgan fingerprint density at radius 1 is 1.03 bits per heavy atom. The van der Waals surface area contributed by atoms with Gasteiger partial charge in [-0.05, 0) is 36.2 Å². The lowest BCUT2D eigenvalue weighted by Gasteiger charge is -2.27. The van der Waals surface area contributed by atoms with Gasteiger partial charge in [0.2, 0.25) is 0 Å². The maximum absolute atomic E-state index is 13.7. The van der Waals surface area contributed by atoms with Gasteiger partial charge in [0, 0.05) is 63.7 Å². The average Bonchev–Trinajstić information content (AvgIpc) is 2.86. The topological polar surface area (TPSA) is 86.5 Å². The lowest BCUT2D eigenvalue weighted by molar-refractivity contribution is 0.0767. The molecule has 0 saturated carbocycles. The van der Waals surface area contributed by atoms with Gasteiger partial charge in [-0.15, -0.1) is 0 Å². The van der Waals surface area contributed by atoms with Crippen LogP contribution in [0.5, 0.6) is 0 Å². The highest BCUT2D eigenvalue weighted by molar-refractivity contribution is 5.98. The summed E-state index contributed by atoms with van der Waals surface area (Å²) >= 11 is 0. The van der Waals surface area contributed by atoms with Crippen LogP contribution in [0.25, 0.3) is 11.0 Å². The van der Waals surface area contributed by atoms with Crippen molar-refractivity contribution >= 4 is 28.4 Å². The number of morpholine rings is 1. The Kier molecular flexibility index (Phi) is 7.85. The van der Waals surface area contributed by atoms with Gasteiger partial charge in [0.05, 0.1) is 25.2 Å². The summed E-state index contributed by atoms with van der Waals surface area (Å²) in [6.07, 6.45) is 0.339. The molecule has 0 radical (unpaired) electrons. The van der Waals surface area contributed by atoms with Crippen molar-refractivity contribution in [2.75, 3.05) is 69.9 Å². The smallest absolute Gasteiger partial charge is 0.253 e. The van der Waals surface area contributed by atoms with E-state index in [0.29, 0.717) is 67.6 Å². The summed E-state index contributed by atoms with van der Waals surface area (Å²) in [7, 11) is 3.27. The van der Waals surface area contributed by atoms with Crippen LogP contribution in [0.2, 0.25) is 0 Å². The molecule has 2 heterocycles. The first kappa shape index (κ1) is 25.6. The number of benzene rings is 2. The van der Waals surface area contributed by atoms with Gasteiger partial charge in [0.15, 0.2) is 11.3 Å². The standard InChI is InChI=1S/C26H29F2N3O5/c1-29(21-14-19(27)13-20(28)15-21)4-3-17-11-18(26(34)30(2)5-8-32)12-22-23(33)16-24(36-25(17)22)31-6-9-35-10-7-31/h11-16,32H,3-10H2,1-2H3. The molecule has 0 atom stereocenters. The van der Waals surface area contributed by atoms with Gasteiger partial charge in [-0.1, -0.05) is 0 Å². The number of rotatable bonds is 8. The van der Waals surface area contributed by atoms with Crippen LogP contribution in [0, 0.1) is 11.6 Å². The van der Waals surface area contributed by atoms with Crippen LogP contribution < -0.4 is 15.2 Å². The van der Waals surface area contributed by atoms with Crippen molar-refractivity contribution in [1.82, 2.24) is 4.90 Å². The molecule has 10 heteroatoms. The van der Waals surface area contributed by atoms with Crippen molar-refractivity contribution in [1.29, 1.82) is 0 Å². The van der Waals surface area contributed by atoms with Crippen LogP contribution in [0.15, 0.2) is 45.6 Å². The number of amides is 1. The number of hydrogen-bond acceptors (Lipinski definition) is 7. The van der Waals surface area contributed by atoms with Gasteiger partial charge in [-0.2, -0.15) is 0 Å². The van der Waals surface area contributed by atoms with E-state index < -0.39 is 11.6 Å². The molecule has 1 fully saturated rings. The first-order valence-corrected chi connectivity index (χ1v) is 11.7. The summed E-state index contributed by atoms with van der Waals surface area (Å²) in [5.74, 6) is -1.27. The molecular weight excluding hydrogens is 472 g/mol. The number of carbonyl (C=O) groups excluding carboxylic acids is 1. The molecule has 2 aromatic carbocycles. The molecule has 1 aliphatic rings. The maximum Gasteiger partial charge on any atom is 0.253 e. The lowest BCUT2D eigenvalue weighted by Crippen LogP contribution is -2.36. The highest BCUT2D eigenvalue weighted by Gasteiger charge is 2.20. The molecule has 1 N–H and O–H groups in total. The molecule has 4 rings (SSSR count). The minimum absolute atomic E-state index is 0.144. The predicted molar refractivity (Wildman–Crippen MR) is 133 cm³/mol. The highest BCUT2D eigenvalue weighted by atomic mass is 19.1. The second kappa shape index (κ2) is 11.0. The fraction of sp³-hybridized carbons (Fsp3) is 0.385. The van der Waals surface area contributed by atoms with E-state index in [2.05, 4.69) is 0 Å². The molecular formula is C26H29F2N3O5. The fourth-order valence-corrected chi connectivity index (χ4v) is 4.21. The number of anilines is 2. The summed E-state index contributed by atoms with van der Waals surface area (Å²) in [6.45, 7) is 2.50. The molecule has 36 heavy (non-hydrogen) atoms. The van der Waals surface area contributed by atoms with Gasteiger partial charge in [-0.25, -0.2) is 8.78 Å². The SMILES string of the molecule is CN(CCO)C(=O)c1cc(CCN(C)c2cc(F)cc(F)c2)c2oc(N3CCOCC3)cc(=O)c2c1. The first-order chi connectivity index (χ1) is 17.3. The molecule has 1 aliphatic heterocycles. The molecule has 192 valence electrons. The van der Waals surface area contributed by atoms with Crippen molar-refractivity contribution in [2.24, 2.45) is 0 Å². The first-order valence-electron chi connectivity index (χ1n) is 11.7. The molecule has 3 aromatic rings. The van der Waals surface area contributed by atoms with E-state index in [4.69, 9.17) is 9.15 Å². The van der Waals surface area contributed by atoms with Gasteiger partial charge < -0.3 is 29.0 Å². The molecule has 0 aliphatic carbocycles. The zero-order chi connectivity index (χ0) is 25.8. The van der Waals surface area contributed by atoms with Crippen molar-refractivity contribution in [3.63, 3.8) is 0 Å². The number of halogens is 2. The fourth-order valence-electron chi connectivity index (χ4n) is 4.21. The highest BCUT2D eigenvalue weighted by Crippen LogP contribution is 2.26. The number of hydrogen-bond donors (Lipinski definition) is 1. The summed E-state index contributed by atoms with van der Waals surface area (Å²) in [5, 5.41) is 9.49. The Bertz CT molecular complexity index is 1290. The molecule has 1 aromatic heterocycles. The number of ether oxygens (including phenoxy) is 1. The lowest BCUT2D eigenvalue weighted by atomic mass is 10.0. The minimum atomic E-state index is -0.678. The average molecular weight is 502 g/mol. The zero-order valence-electron chi connectivity index (χ0n) is 20.3. The Morgan fingerprint density at radius 3 is 2.39 bits per heavy atom. The van der Waals surface area contributed by atoms with E-state index >= 15 is 0 Å². The van der Waals surface area contributed by atoms with E-state index in [1.807, 2.05) is 4.90 Å². The second-order valence-electron chi connectivity index (χ2n) is 8.81. The minimum Gasteiger partial charge on any atom is -0.440 e. The quantitative estimate of drug-likeness (QED) is 0.508. The summed E-state index contributed by atoms with van der Waals surface area (Å²) in [4.78, 5) is 31.1. The van der Waals surface area contributed by atoms with E-state index in [1.54, 1.807) is 25.1 Å². The van der Waals surface area contributed by atoms with Gasteiger partial charge in [0.1, 0.15) is 17.2 Å². The van der Waals surface area contributed by atoms with E-state index in [0.717, 1.165) is 6.07 Å². The Balaban J connectivity index is 1.73. The van der Waals surface area contributed by atoms with Crippen molar-refractivity contribution in [3.05, 3.63) is 69.4 Å². The predicted octanol–water partition coefficient (Wildman–Crippen LogP) is 2.65. The van der Waals surface area contributed by atoms with Crippen LogP contribution in [0.3, 0.4) is 0 Å². The van der Waals surface area contributed by atoms with Gasteiger partial charge in [-0.3, -0.25) is 9.59 Å². The van der Waals surface area contributed by atoms with Crippen molar-refractivity contribution in [3.8, 4) is 0 Å². The Hall–Kier alpha value is -3.50.